The molecule has 4 saturated carbocycles. The van der Waals surface area contributed by atoms with Gasteiger partial charge in [0.1, 0.15) is 5.60 Å². The SMILES string of the molecule is CC(C)C1=C2C3CCC4C5(C)CCC(O)C(C)(C)C5CCC4(C)C3(C)CCC2(CCC(CC(=O)Nc2ccc(Cl)cc2)=NCCNC(=O)OC(C)(C)C)CC1. The van der Waals surface area contributed by atoms with Crippen molar-refractivity contribution in [1.82, 2.24) is 5.32 Å². The van der Waals surface area contributed by atoms with E-state index in [-0.39, 0.29) is 45.5 Å². The van der Waals surface area contributed by atoms with E-state index in [2.05, 4.69) is 59.1 Å². The minimum absolute atomic E-state index is 0.0383. The number of aliphatic hydroxyl groups is 1. The van der Waals surface area contributed by atoms with Crippen LogP contribution in [-0.2, 0) is 9.53 Å². The summed E-state index contributed by atoms with van der Waals surface area (Å²) in [5.41, 5.74) is 5.39. The second-order valence-electron chi connectivity index (χ2n) is 21.0. The second-order valence-corrected chi connectivity index (χ2v) is 21.4. The molecule has 306 valence electrons. The molecule has 2 amide bonds. The zero-order valence-electron chi connectivity index (χ0n) is 35.8. The number of allylic oxidation sites excluding steroid dienone is 2. The molecule has 0 spiro atoms. The number of rotatable bonds is 10. The molecule has 4 fully saturated rings. The Kier molecular flexibility index (Phi) is 11.8. The molecule has 8 heteroatoms. The first-order chi connectivity index (χ1) is 25.6. The number of benzene rings is 1. The van der Waals surface area contributed by atoms with Crippen molar-refractivity contribution in [2.45, 2.75) is 164 Å². The fraction of sp³-hybridized carbons (Fsp3) is 0.766. The smallest absolute Gasteiger partial charge is 0.407 e. The van der Waals surface area contributed by atoms with Gasteiger partial charge in [-0.3, -0.25) is 9.79 Å². The van der Waals surface area contributed by atoms with Crippen molar-refractivity contribution < 1.29 is 19.4 Å². The van der Waals surface area contributed by atoms with E-state index in [0.717, 1.165) is 31.4 Å². The molecule has 5 aliphatic rings. The maximum absolute atomic E-state index is 13.5. The van der Waals surface area contributed by atoms with Crippen molar-refractivity contribution in [3.63, 3.8) is 0 Å². The molecule has 7 nitrogen and oxygen atoms in total. The molecule has 1 aromatic carbocycles. The molecule has 8 atom stereocenters. The average molecular weight is 779 g/mol. The van der Waals surface area contributed by atoms with Gasteiger partial charge in [-0.05, 0) is 173 Å². The fourth-order valence-corrected chi connectivity index (χ4v) is 13.5. The van der Waals surface area contributed by atoms with Crippen molar-refractivity contribution in [2.75, 3.05) is 18.4 Å². The summed E-state index contributed by atoms with van der Waals surface area (Å²) in [6.45, 7) is 23.8. The summed E-state index contributed by atoms with van der Waals surface area (Å²) in [5, 5.41) is 17.7. The van der Waals surface area contributed by atoms with Gasteiger partial charge >= 0.3 is 6.09 Å². The first-order valence-corrected chi connectivity index (χ1v) is 22.0. The highest BCUT2D eigenvalue weighted by Gasteiger charge is 2.69. The number of hydrogen-bond acceptors (Lipinski definition) is 5. The van der Waals surface area contributed by atoms with Crippen LogP contribution in [0.5, 0.6) is 0 Å². The van der Waals surface area contributed by atoms with Crippen LogP contribution in [0.3, 0.4) is 0 Å². The Bertz CT molecular complexity index is 1660. The van der Waals surface area contributed by atoms with E-state index in [4.69, 9.17) is 21.3 Å². The number of aliphatic hydroxyl groups excluding tert-OH is 1. The summed E-state index contributed by atoms with van der Waals surface area (Å²) in [5.74, 6) is 2.26. The summed E-state index contributed by atoms with van der Waals surface area (Å²) < 4.78 is 5.44. The standard InChI is InChI=1S/C47H72ClN3O4/c1-30(2)34-18-24-47(23-17-33(49-27-28-50-41(54)55-42(3,4)5)29-39(53)51-32-13-11-31(48)12-14-32)26-25-45(9)35(40(34)47)15-16-37-44(8)21-20-38(52)43(6,7)36(44)19-22-46(37,45)10/h11-14,30,35-38,52H,15-29H2,1-10H3,(H,50,54)(H,51,53). The molecule has 5 aliphatic carbocycles. The lowest BCUT2D eigenvalue weighted by Crippen LogP contribution is -2.65. The van der Waals surface area contributed by atoms with Gasteiger partial charge < -0.3 is 20.5 Å². The van der Waals surface area contributed by atoms with Crippen LogP contribution in [0.15, 0.2) is 40.4 Å². The molecule has 0 aromatic heterocycles. The van der Waals surface area contributed by atoms with Crippen molar-refractivity contribution in [3.8, 4) is 0 Å². The first kappa shape index (κ1) is 42.2. The number of nitrogens with one attached hydrogen (secondary N) is 2. The van der Waals surface area contributed by atoms with Crippen molar-refractivity contribution in [2.24, 2.45) is 55.7 Å². The molecule has 0 heterocycles. The Labute approximate surface area is 337 Å². The average Bonchev–Trinajstić information content (AvgIpc) is 3.48. The van der Waals surface area contributed by atoms with E-state index < -0.39 is 11.7 Å². The Morgan fingerprint density at radius 3 is 2.31 bits per heavy atom. The number of fused-ring (bicyclic) bond motifs is 7. The number of carbonyl (C=O) groups excluding carboxylic acids is 2. The maximum Gasteiger partial charge on any atom is 0.407 e. The van der Waals surface area contributed by atoms with Gasteiger partial charge in [-0.25, -0.2) is 4.79 Å². The number of alkyl carbamates (subject to hydrolysis) is 1. The second kappa shape index (κ2) is 15.4. The van der Waals surface area contributed by atoms with E-state index >= 15 is 0 Å². The number of ether oxygens (including phenoxy) is 1. The zero-order chi connectivity index (χ0) is 40.2. The minimum atomic E-state index is -0.570. The lowest BCUT2D eigenvalue weighted by molar-refractivity contribution is -0.228. The number of amides is 2. The molecule has 0 saturated heterocycles. The molecular weight excluding hydrogens is 706 g/mol. The fourth-order valence-electron chi connectivity index (χ4n) is 13.4. The molecule has 6 rings (SSSR count). The van der Waals surface area contributed by atoms with E-state index in [1.165, 1.54) is 51.4 Å². The van der Waals surface area contributed by atoms with Crippen LogP contribution < -0.4 is 10.6 Å². The van der Waals surface area contributed by atoms with Gasteiger partial charge in [-0.1, -0.05) is 71.2 Å². The van der Waals surface area contributed by atoms with Crippen LogP contribution in [0.25, 0.3) is 0 Å². The first-order valence-electron chi connectivity index (χ1n) is 21.6. The Morgan fingerprint density at radius 1 is 0.927 bits per heavy atom. The number of hydrogen-bond donors (Lipinski definition) is 3. The highest BCUT2D eigenvalue weighted by atomic mass is 35.5. The minimum Gasteiger partial charge on any atom is -0.444 e. The van der Waals surface area contributed by atoms with E-state index in [1.807, 2.05) is 32.9 Å². The highest BCUT2D eigenvalue weighted by molar-refractivity contribution is 6.30. The van der Waals surface area contributed by atoms with Gasteiger partial charge in [-0.15, -0.1) is 0 Å². The Morgan fingerprint density at radius 2 is 1.64 bits per heavy atom. The monoisotopic (exact) mass is 778 g/mol. The highest BCUT2D eigenvalue weighted by Crippen LogP contribution is 2.77. The van der Waals surface area contributed by atoms with Crippen LogP contribution in [0.2, 0.25) is 5.02 Å². The number of aliphatic imine (C=N–C) groups is 1. The van der Waals surface area contributed by atoms with E-state index in [1.54, 1.807) is 23.3 Å². The topological polar surface area (TPSA) is 100 Å². The molecule has 8 unspecified atom stereocenters. The number of anilines is 1. The normalized spacial score (nSPS) is 35.7. The van der Waals surface area contributed by atoms with E-state index in [9.17, 15) is 14.7 Å². The Hall–Kier alpha value is -2.38. The number of halogens is 1. The predicted molar refractivity (Wildman–Crippen MR) is 226 cm³/mol. The third-order valence-corrected chi connectivity index (χ3v) is 16.6. The molecule has 0 radical (unpaired) electrons. The Balaban J connectivity index is 1.24. The van der Waals surface area contributed by atoms with Gasteiger partial charge in [-0.2, -0.15) is 0 Å². The van der Waals surface area contributed by atoms with Crippen LogP contribution in [0.4, 0.5) is 10.5 Å². The molecule has 55 heavy (non-hydrogen) atoms. The maximum atomic E-state index is 13.5. The summed E-state index contributed by atoms with van der Waals surface area (Å²) in [4.78, 5) is 30.8. The summed E-state index contributed by atoms with van der Waals surface area (Å²) >= 11 is 6.11. The molecule has 3 N–H and O–H groups in total. The molecule has 0 aliphatic heterocycles. The third-order valence-electron chi connectivity index (χ3n) is 16.3. The van der Waals surface area contributed by atoms with E-state index in [0.29, 0.717) is 47.5 Å². The lowest BCUT2D eigenvalue weighted by atomic mass is 9.33. The van der Waals surface area contributed by atoms with Crippen LogP contribution >= 0.6 is 11.6 Å². The number of nitrogens with zero attached hydrogens (tertiary/aromatic N) is 1. The van der Waals surface area contributed by atoms with Crippen LogP contribution in [0.1, 0.15) is 153 Å². The summed E-state index contributed by atoms with van der Waals surface area (Å²) in [6, 6.07) is 7.21. The predicted octanol–water partition coefficient (Wildman–Crippen LogP) is 11.6. The van der Waals surface area contributed by atoms with Crippen molar-refractivity contribution in [3.05, 3.63) is 40.4 Å². The quantitative estimate of drug-likeness (QED) is 0.125. The lowest BCUT2D eigenvalue weighted by Gasteiger charge is -2.72. The van der Waals surface area contributed by atoms with Gasteiger partial charge in [0.2, 0.25) is 5.91 Å². The van der Waals surface area contributed by atoms with Crippen molar-refractivity contribution >= 4 is 35.0 Å². The van der Waals surface area contributed by atoms with Crippen LogP contribution in [-0.4, -0.2) is 47.6 Å². The van der Waals surface area contributed by atoms with Gasteiger partial charge in [0.25, 0.3) is 0 Å². The molecular formula is C47H72ClN3O4. The van der Waals surface area contributed by atoms with Crippen LogP contribution in [0, 0.1) is 50.7 Å². The molecule has 0 bridgehead atoms. The zero-order valence-corrected chi connectivity index (χ0v) is 36.6. The summed E-state index contributed by atoms with van der Waals surface area (Å²) in [7, 11) is 0. The summed E-state index contributed by atoms with van der Waals surface area (Å²) in [6.07, 6.45) is 13.2. The number of carbonyl (C=O) groups is 2. The third kappa shape index (κ3) is 7.93. The molecule has 1 aromatic rings. The van der Waals surface area contributed by atoms with Gasteiger partial charge in [0.05, 0.1) is 19.1 Å². The van der Waals surface area contributed by atoms with Gasteiger partial charge in [0.15, 0.2) is 0 Å². The van der Waals surface area contributed by atoms with Gasteiger partial charge in [0, 0.05) is 23.0 Å². The van der Waals surface area contributed by atoms with Crippen molar-refractivity contribution in [1.29, 1.82) is 0 Å². The largest absolute Gasteiger partial charge is 0.444 e.